The van der Waals surface area contributed by atoms with E-state index in [2.05, 4.69) is 71.6 Å². The molecule has 0 amide bonds. The van der Waals surface area contributed by atoms with Crippen LogP contribution in [0.25, 0.3) is 0 Å². The number of benzene rings is 1. The van der Waals surface area contributed by atoms with E-state index in [9.17, 15) is 0 Å². The molecular formula is C14H20BrNS. The minimum atomic E-state index is 0.374. The Balaban J connectivity index is 2.22. The van der Waals surface area contributed by atoms with Gasteiger partial charge in [-0.2, -0.15) is 11.8 Å². The third-order valence-electron chi connectivity index (χ3n) is 3.18. The van der Waals surface area contributed by atoms with Crippen LogP contribution in [0.5, 0.6) is 0 Å². The summed E-state index contributed by atoms with van der Waals surface area (Å²) in [6.07, 6.45) is 0. The van der Waals surface area contributed by atoms with E-state index in [4.69, 9.17) is 0 Å². The number of nitrogens with zero attached hydrogens (tertiary/aromatic N) is 1. The molecule has 0 spiro atoms. The largest absolute Gasteiger partial charge is 0.369 e. The molecule has 1 fully saturated rings. The number of thioether (sulfide) groups is 1. The van der Waals surface area contributed by atoms with Crippen LogP contribution in [-0.2, 0) is 5.33 Å². The molecule has 3 heteroatoms. The normalized spacial score (nSPS) is 19.4. The maximum atomic E-state index is 3.51. The summed E-state index contributed by atoms with van der Waals surface area (Å²) in [6.45, 7) is 9.21. The molecule has 0 atom stereocenters. The summed E-state index contributed by atoms with van der Waals surface area (Å²) in [5.41, 5.74) is 4.16. The Morgan fingerprint density at radius 3 is 2.76 bits per heavy atom. The van der Waals surface area contributed by atoms with Crippen LogP contribution in [-0.4, -0.2) is 23.6 Å². The zero-order valence-corrected chi connectivity index (χ0v) is 13.2. The van der Waals surface area contributed by atoms with Crippen LogP contribution in [0.2, 0.25) is 0 Å². The number of alkyl halides is 1. The number of hydrogen-bond acceptors (Lipinski definition) is 2. The maximum absolute atomic E-state index is 3.51. The fourth-order valence-corrected chi connectivity index (χ4v) is 3.84. The van der Waals surface area contributed by atoms with Gasteiger partial charge in [-0.05, 0) is 38.0 Å². The molecule has 0 aliphatic carbocycles. The zero-order valence-electron chi connectivity index (χ0n) is 10.8. The van der Waals surface area contributed by atoms with E-state index in [1.54, 1.807) is 0 Å². The highest BCUT2D eigenvalue weighted by molar-refractivity contribution is 9.08. The molecule has 0 saturated carbocycles. The van der Waals surface area contributed by atoms with E-state index in [-0.39, 0.29) is 0 Å². The van der Waals surface area contributed by atoms with Crippen molar-refractivity contribution in [2.24, 2.45) is 0 Å². The van der Waals surface area contributed by atoms with E-state index < -0.39 is 0 Å². The Bertz CT molecular complexity index is 403. The summed E-state index contributed by atoms with van der Waals surface area (Å²) >= 11 is 5.60. The van der Waals surface area contributed by atoms with Gasteiger partial charge in [-0.3, -0.25) is 0 Å². The Hall–Kier alpha value is -0.150. The van der Waals surface area contributed by atoms with Gasteiger partial charge in [0.2, 0.25) is 0 Å². The van der Waals surface area contributed by atoms with Gasteiger partial charge in [0, 0.05) is 34.6 Å². The van der Waals surface area contributed by atoms with Crippen molar-refractivity contribution in [3.63, 3.8) is 0 Å². The molecule has 0 radical (unpaired) electrons. The predicted octanol–water partition coefficient (Wildman–Crippen LogP) is 4.22. The second-order valence-corrected chi connectivity index (χ2v) is 7.65. The number of aryl methyl sites for hydroxylation is 1. The molecule has 0 aromatic heterocycles. The number of hydrogen-bond donors (Lipinski definition) is 0. The fraction of sp³-hybridized carbons (Fsp3) is 0.571. The molecule has 94 valence electrons. The Morgan fingerprint density at radius 1 is 1.41 bits per heavy atom. The zero-order chi connectivity index (χ0) is 12.5. The predicted molar refractivity (Wildman–Crippen MR) is 82.6 cm³/mol. The Morgan fingerprint density at radius 2 is 2.18 bits per heavy atom. The summed E-state index contributed by atoms with van der Waals surface area (Å²) in [7, 11) is 0. The van der Waals surface area contributed by atoms with Crippen molar-refractivity contribution in [1.29, 1.82) is 0 Å². The minimum absolute atomic E-state index is 0.374. The first-order valence-electron chi connectivity index (χ1n) is 6.06. The monoisotopic (exact) mass is 313 g/mol. The van der Waals surface area contributed by atoms with Gasteiger partial charge in [-0.25, -0.2) is 0 Å². The van der Waals surface area contributed by atoms with Crippen molar-refractivity contribution >= 4 is 33.4 Å². The van der Waals surface area contributed by atoms with E-state index in [1.807, 2.05) is 0 Å². The van der Waals surface area contributed by atoms with Crippen molar-refractivity contribution in [3.05, 3.63) is 29.3 Å². The molecule has 1 heterocycles. The van der Waals surface area contributed by atoms with Crippen LogP contribution in [0.4, 0.5) is 5.69 Å². The Labute approximate surface area is 117 Å². The van der Waals surface area contributed by atoms with Crippen LogP contribution in [0.15, 0.2) is 18.2 Å². The molecule has 17 heavy (non-hydrogen) atoms. The van der Waals surface area contributed by atoms with E-state index in [0.29, 0.717) is 4.75 Å². The molecule has 1 aromatic rings. The van der Waals surface area contributed by atoms with Crippen LogP contribution < -0.4 is 4.90 Å². The third kappa shape index (κ3) is 3.19. The number of anilines is 1. The quantitative estimate of drug-likeness (QED) is 0.752. The Kier molecular flexibility index (Phi) is 4.09. The second-order valence-electron chi connectivity index (χ2n) is 5.28. The minimum Gasteiger partial charge on any atom is -0.369 e. The first-order chi connectivity index (χ1) is 8.02. The van der Waals surface area contributed by atoms with Crippen LogP contribution in [0.1, 0.15) is 25.0 Å². The summed E-state index contributed by atoms with van der Waals surface area (Å²) in [6, 6.07) is 6.79. The van der Waals surface area contributed by atoms with Crippen molar-refractivity contribution in [1.82, 2.24) is 0 Å². The highest BCUT2D eigenvalue weighted by atomic mass is 79.9. The number of rotatable bonds is 2. The second kappa shape index (κ2) is 5.23. The first kappa shape index (κ1) is 13.3. The van der Waals surface area contributed by atoms with Crippen molar-refractivity contribution in [2.75, 3.05) is 23.7 Å². The lowest BCUT2D eigenvalue weighted by Gasteiger charge is -2.39. The van der Waals surface area contributed by atoms with Crippen LogP contribution in [0.3, 0.4) is 0 Å². The van der Waals surface area contributed by atoms with Crippen LogP contribution in [0, 0.1) is 6.92 Å². The van der Waals surface area contributed by atoms with Gasteiger partial charge in [0.05, 0.1) is 0 Å². The average molecular weight is 314 g/mol. The van der Waals surface area contributed by atoms with Crippen molar-refractivity contribution < 1.29 is 0 Å². The summed E-state index contributed by atoms with van der Waals surface area (Å²) < 4.78 is 0.374. The van der Waals surface area contributed by atoms with E-state index in [0.717, 1.165) is 11.9 Å². The van der Waals surface area contributed by atoms with Gasteiger partial charge < -0.3 is 4.90 Å². The van der Waals surface area contributed by atoms with Crippen LogP contribution >= 0.6 is 27.7 Å². The molecular weight excluding hydrogens is 294 g/mol. The smallest absolute Gasteiger partial charge is 0.0396 e. The van der Waals surface area contributed by atoms with Gasteiger partial charge in [-0.1, -0.05) is 28.1 Å². The summed E-state index contributed by atoms with van der Waals surface area (Å²) in [4.78, 5) is 2.53. The maximum Gasteiger partial charge on any atom is 0.0396 e. The molecule has 1 saturated heterocycles. The topological polar surface area (TPSA) is 3.24 Å². The van der Waals surface area contributed by atoms with E-state index in [1.165, 1.54) is 29.1 Å². The molecule has 0 bridgehead atoms. The lowest BCUT2D eigenvalue weighted by atomic mass is 10.1. The summed E-state index contributed by atoms with van der Waals surface area (Å²) in [5, 5.41) is 0.940. The van der Waals surface area contributed by atoms with Gasteiger partial charge in [0.25, 0.3) is 0 Å². The molecule has 2 rings (SSSR count). The first-order valence-corrected chi connectivity index (χ1v) is 8.17. The van der Waals surface area contributed by atoms with Gasteiger partial charge >= 0.3 is 0 Å². The molecule has 0 N–H and O–H groups in total. The van der Waals surface area contributed by atoms with Gasteiger partial charge in [0.15, 0.2) is 0 Å². The SMILES string of the molecule is Cc1cc(CBr)ccc1N1CCSC(C)(C)C1. The molecule has 0 unspecified atom stereocenters. The average Bonchev–Trinajstić information content (AvgIpc) is 2.27. The fourth-order valence-electron chi connectivity index (χ4n) is 2.38. The lowest BCUT2D eigenvalue weighted by Crippen LogP contribution is -2.43. The molecule has 1 aliphatic heterocycles. The summed E-state index contributed by atoms with van der Waals surface area (Å²) in [5.74, 6) is 1.23. The van der Waals surface area contributed by atoms with Gasteiger partial charge in [0.1, 0.15) is 0 Å². The lowest BCUT2D eigenvalue weighted by molar-refractivity contribution is 0.646. The molecule has 1 nitrogen and oxygen atoms in total. The molecule has 1 aliphatic rings. The van der Waals surface area contributed by atoms with Crippen molar-refractivity contribution in [3.8, 4) is 0 Å². The molecule has 1 aromatic carbocycles. The van der Waals surface area contributed by atoms with Crippen molar-refractivity contribution in [2.45, 2.75) is 30.8 Å². The third-order valence-corrected chi connectivity index (χ3v) is 5.13. The number of halogens is 1. The van der Waals surface area contributed by atoms with E-state index >= 15 is 0 Å². The standard InChI is InChI=1S/C14H20BrNS/c1-11-8-12(9-15)4-5-13(11)16-6-7-17-14(2,3)10-16/h4-5,8H,6-7,9-10H2,1-3H3. The highest BCUT2D eigenvalue weighted by Crippen LogP contribution is 2.33. The van der Waals surface area contributed by atoms with Gasteiger partial charge in [-0.15, -0.1) is 0 Å². The highest BCUT2D eigenvalue weighted by Gasteiger charge is 2.27.